The molecule has 2 heterocycles. The number of pyridine rings is 1. The van der Waals surface area contributed by atoms with Crippen LogP contribution in [0.3, 0.4) is 0 Å². The number of carbonyl (C=O) groups excluding carboxylic acids is 1. The van der Waals surface area contributed by atoms with Crippen molar-refractivity contribution < 1.29 is 4.79 Å². The third-order valence-electron chi connectivity index (χ3n) is 4.02. The van der Waals surface area contributed by atoms with E-state index in [9.17, 15) is 4.79 Å². The lowest BCUT2D eigenvalue weighted by atomic mass is 10.2. The maximum Gasteiger partial charge on any atom is 0.211 e. The molecule has 7 nitrogen and oxygen atoms in total. The highest BCUT2D eigenvalue weighted by Crippen LogP contribution is 2.16. The molecule has 3 aromatic rings. The van der Waals surface area contributed by atoms with E-state index in [1.54, 1.807) is 18.6 Å². The number of aromatic nitrogens is 3. The van der Waals surface area contributed by atoms with Crippen LogP contribution in [-0.4, -0.2) is 21.4 Å². The number of nitrogen functional groups attached to an aromatic ring is 1. The number of unbranched alkanes of at least 4 members (excludes halogenated alkanes) is 1. The standard InChI is InChI=1S/C13H14N4O.C10H14N2/c14-13-12(5-2-6-15-13)16-8-10-3-1-4-11(7-10)17-9-18;1-3-4-5-6-10-8-11-9(2)7-12-10/h1-7,9,16H,8H2,(H2,14,15)(H,17,18);5-8H,3-4H2,1-2H3/b;6-5+. The van der Waals surface area contributed by atoms with E-state index in [1.165, 1.54) is 6.42 Å². The second-order valence-corrected chi connectivity index (χ2v) is 6.53. The molecule has 1 aromatic carbocycles. The predicted octanol–water partition coefficient (Wildman–Crippen LogP) is 4.44. The molecule has 4 N–H and O–H groups in total. The molecule has 0 saturated heterocycles. The van der Waals surface area contributed by atoms with E-state index in [0.717, 1.165) is 34.7 Å². The molecule has 0 atom stereocenters. The van der Waals surface area contributed by atoms with Gasteiger partial charge in [0.1, 0.15) is 5.82 Å². The number of benzene rings is 1. The number of nitrogens with one attached hydrogen (secondary N) is 2. The first-order valence-electron chi connectivity index (χ1n) is 9.81. The van der Waals surface area contributed by atoms with E-state index in [1.807, 2.05) is 49.4 Å². The molecule has 7 heteroatoms. The number of anilines is 3. The number of allylic oxidation sites excluding steroid dienone is 1. The van der Waals surface area contributed by atoms with Gasteiger partial charge in [-0.15, -0.1) is 0 Å². The molecule has 3 rings (SSSR count). The smallest absolute Gasteiger partial charge is 0.211 e. The number of hydrogen-bond acceptors (Lipinski definition) is 6. The normalized spacial score (nSPS) is 10.2. The van der Waals surface area contributed by atoms with Gasteiger partial charge in [-0.2, -0.15) is 0 Å². The molecule has 2 aromatic heterocycles. The number of rotatable bonds is 8. The van der Waals surface area contributed by atoms with Gasteiger partial charge in [0.2, 0.25) is 6.41 Å². The Balaban J connectivity index is 0.000000232. The van der Waals surface area contributed by atoms with Crippen LogP contribution < -0.4 is 16.4 Å². The maximum atomic E-state index is 10.4. The summed E-state index contributed by atoms with van der Waals surface area (Å²) in [5, 5.41) is 5.81. The number of amides is 1. The van der Waals surface area contributed by atoms with Gasteiger partial charge in [0.05, 0.1) is 23.3 Å². The van der Waals surface area contributed by atoms with Gasteiger partial charge < -0.3 is 16.4 Å². The van der Waals surface area contributed by atoms with Crippen LogP contribution in [0.2, 0.25) is 0 Å². The van der Waals surface area contributed by atoms with Crippen molar-refractivity contribution in [1.82, 2.24) is 15.0 Å². The van der Waals surface area contributed by atoms with Crippen LogP contribution in [0.4, 0.5) is 17.2 Å². The molecule has 0 spiro atoms. The fourth-order valence-electron chi connectivity index (χ4n) is 2.46. The molecule has 0 saturated carbocycles. The van der Waals surface area contributed by atoms with E-state index in [4.69, 9.17) is 5.73 Å². The Hall–Kier alpha value is -3.74. The van der Waals surface area contributed by atoms with Gasteiger partial charge in [-0.3, -0.25) is 14.8 Å². The molecule has 0 radical (unpaired) electrons. The Kier molecular flexibility index (Phi) is 9.52. The zero-order valence-electron chi connectivity index (χ0n) is 17.4. The highest BCUT2D eigenvalue weighted by atomic mass is 16.1. The molecule has 1 amide bonds. The number of nitrogens with two attached hydrogens (primary N) is 1. The van der Waals surface area contributed by atoms with Gasteiger partial charge in [0, 0.05) is 24.6 Å². The molecule has 30 heavy (non-hydrogen) atoms. The second-order valence-electron chi connectivity index (χ2n) is 6.53. The lowest BCUT2D eigenvalue weighted by molar-refractivity contribution is -0.105. The fraction of sp³-hybridized carbons (Fsp3) is 0.217. The summed E-state index contributed by atoms with van der Waals surface area (Å²) in [5.41, 5.74) is 10.2. The van der Waals surface area contributed by atoms with Crippen LogP contribution in [0.1, 0.15) is 36.7 Å². The summed E-state index contributed by atoms with van der Waals surface area (Å²) in [6.45, 7) is 4.71. The minimum atomic E-state index is 0.472. The van der Waals surface area contributed by atoms with Crippen LogP contribution >= 0.6 is 0 Å². The summed E-state index contributed by atoms with van der Waals surface area (Å²) in [6.07, 6.45) is 12.3. The predicted molar refractivity (Wildman–Crippen MR) is 123 cm³/mol. The Morgan fingerprint density at radius 3 is 2.67 bits per heavy atom. The van der Waals surface area contributed by atoms with Crippen molar-refractivity contribution >= 4 is 29.7 Å². The number of hydrogen-bond donors (Lipinski definition) is 3. The topological polar surface area (TPSA) is 106 Å². The zero-order chi connectivity index (χ0) is 21.6. The molecule has 0 unspecified atom stereocenters. The monoisotopic (exact) mass is 404 g/mol. The summed E-state index contributed by atoms with van der Waals surface area (Å²) in [4.78, 5) is 22.7. The lowest BCUT2D eigenvalue weighted by Gasteiger charge is -2.09. The van der Waals surface area contributed by atoms with Crippen LogP contribution in [0, 0.1) is 6.92 Å². The minimum Gasteiger partial charge on any atom is -0.382 e. The first-order chi connectivity index (χ1) is 14.6. The quantitative estimate of drug-likeness (QED) is 0.479. The molecule has 0 aliphatic heterocycles. The Bertz CT molecular complexity index is 940. The first-order valence-corrected chi connectivity index (χ1v) is 9.81. The van der Waals surface area contributed by atoms with Gasteiger partial charge in [-0.05, 0) is 49.2 Å². The Morgan fingerprint density at radius 2 is 1.97 bits per heavy atom. The van der Waals surface area contributed by atoms with Crippen LogP contribution in [-0.2, 0) is 11.3 Å². The van der Waals surface area contributed by atoms with E-state index in [0.29, 0.717) is 18.8 Å². The van der Waals surface area contributed by atoms with Gasteiger partial charge in [0.25, 0.3) is 0 Å². The fourth-order valence-corrected chi connectivity index (χ4v) is 2.46. The Labute approximate surface area is 177 Å². The SMILES string of the molecule is CCC/C=C/c1cnc(C)cn1.Nc1ncccc1NCc1cccc(NC=O)c1. The largest absolute Gasteiger partial charge is 0.382 e. The van der Waals surface area contributed by atoms with Crippen molar-refractivity contribution in [3.8, 4) is 0 Å². The van der Waals surface area contributed by atoms with Crippen LogP contribution in [0.15, 0.2) is 61.1 Å². The minimum absolute atomic E-state index is 0.472. The van der Waals surface area contributed by atoms with Crippen LogP contribution in [0.25, 0.3) is 6.08 Å². The molecule has 0 aliphatic carbocycles. The van der Waals surface area contributed by atoms with E-state index in [2.05, 4.69) is 38.6 Å². The third-order valence-corrected chi connectivity index (χ3v) is 4.02. The van der Waals surface area contributed by atoms with Gasteiger partial charge >= 0.3 is 0 Å². The van der Waals surface area contributed by atoms with Crippen molar-refractivity contribution in [3.63, 3.8) is 0 Å². The Morgan fingerprint density at radius 1 is 1.10 bits per heavy atom. The van der Waals surface area contributed by atoms with Crippen molar-refractivity contribution in [2.24, 2.45) is 0 Å². The van der Waals surface area contributed by atoms with Crippen molar-refractivity contribution in [1.29, 1.82) is 0 Å². The van der Waals surface area contributed by atoms with Crippen molar-refractivity contribution in [2.75, 3.05) is 16.4 Å². The molecule has 156 valence electrons. The summed E-state index contributed by atoms with van der Waals surface area (Å²) in [6, 6.07) is 11.3. The molecular formula is C23H28N6O. The number of nitrogens with zero attached hydrogens (tertiary/aromatic N) is 3. The van der Waals surface area contributed by atoms with Crippen molar-refractivity contribution in [2.45, 2.75) is 33.2 Å². The summed E-state index contributed by atoms with van der Waals surface area (Å²) in [7, 11) is 0. The first kappa shape index (κ1) is 22.5. The van der Waals surface area contributed by atoms with Crippen molar-refractivity contribution in [3.05, 3.63) is 78.0 Å². The van der Waals surface area contributed by atoms with E-state index < -0.39 is 0 Å². The second kappa shape index (κ2) is 12.7. The van der Waals surface area contributed by atoms with E-state index in [-0.39, 0.29) is 0 Å². The zero-order valence-corrected chi connectivity index (χ0v) is 17.4. The van der Waals surface area contributed by atoms with Gasteiger partial charge in [0.15, 0.2) is 0 Å². The molecule has 0 aliphatic rings. The molecule has 0 bridgehead atoms. The summed E-state index contributed by atoms with van der Waals surface area (Å²) < 4.78 is 0. The number of carbonyl (C=O) groups is 1. The summed E-state index contributed by atoms with van der Waals surface area (Å²) in [5.74, 6) is 0.472. The highest BCUT2D eigenvalue weighted by Gasteiger charge is 1.99. The molecular weight excluding hydrogens is 376 g/mol. The third kappa shape index (κ3) is 8.10. The summed E-state index contributed by atoms with van der Waals surface area (Å²) >= 11 is 0. The number of aryl methyl sites for hydroxylation is 1. The highest BCUT2D eigenvalue weighted by molar-refractivity contribution is 5.71. The van der Waals surface area contributed by atoms with E-state index >= 15 is 0 Å². The van der Waals surface area contributed by atoms with Crippen LogP contribution in [0.5, 0.6) is 0 Å². The molecule has 0 fully saturated rings. The lowest BCUT2D eigenvalue weighted by Crippen LogP contribution is -2.04. The van der Waals surface area contributed by atoms with Gasteiger partial charge in [-0.1, -0.05) is 31.6 Å². The average molecular weight is 405 g/mol. The van der Waals surface area contributed by atoms with Gasteiger partial charge in [-0.25, -0.2) is 4.98 Å². The average Bonchev–Trinajstić information content (AvgIpc) is 2.76. The maximum absolute atomic E-state index is 10.4.